The van der Waals surface area contributed by atoms with Crippen molar-refractivity contribution >= 4 is 17.5 Å². The summed E-state index contributed by atoms with van der Waals surface area (Å²) in [6, 6.07) is 3.90. The summed E-state index contributed by atoms with van der Waals surface area (Å²) in [7, 11) is 1.45. The molecule has 1 rings (SSSR count). The van der Waals surface area contributed by atoms with Crippen molar-refractivity contribution in [3.05, 3.63) is 29.6 Å². The Morgan fingerprint density at radius 3 is 2.88 bits per heavy atom. The number of nitrogens with one attached hydrogen (secondary N) is 1. The molecule has 88 valence electrons. The minimum atomic E-state index is -0.378. The first-order valence-corrected chi connectivity index (χ1v) is 5.30. The maximum Gasteiger partial charge on any atom is 0.235 e. The monoisotopic (exact) mass is 245 g/mol. The van der Waals surface area contributed by atoms with E-state index in [0.29, 0.717) is 11.3 Å². The number of hydrogen-bond acceptors (Lipinski definition) is 2. The van der Waals surface area contributed by atoms with Gasteiger partial charge >= 0.3 is 0 Å². The van der Waals surface area contributed by atoms with Gasteiger partial charge in [0.05, 0.1) is 13.2 Å². The number of carbonyl (C=O) groups is 1. The SMILES string of the molecule is COc1cc(F)ccc1C(C)NC(=O)CCl. The molecule has 16 heavy (non-hydrogen) atoms. The number of methoxy groups -OCH3 is 1. The van der Waals surface area contributed by atoms with Gasteiger partial charge < -0.3 is 10.1 Å². The van der Waals surface area contributed by atoms with Gasteiger partial charge in [0.2, 0.25) is 5.91 Å². The first kappa shape index (κ1) is 12.8. The fraction of sp³-hybridized carbons (Fsp3) is 0.364. The first-order valence-electron chi connectivity index (χ1n) is 4.77. The van der Waals surface area contributed by atoms with Crippen molar-refractivity contribution in [2.24, 2.45) is 0 Å². The molecule has 0 aliphatic rings. The van der Waals surface area contributed by atoms with Crippen LogP contribution in [0.2, 0.25) is 0 Å². The second-order valence-corrected chi connectivity index (χ2v) is 3.58. The van der Waals surface area contributed by atoms with Crippen LogP contribution in [0.1, 0.15) is 18.5 Å². The molecular formula is C11H13ClFNO2. The van der Waals surface area contributed by atoms with Gasteiger partial charge in [-0.2, -0.15) is 0 Å². The van der Waals surface area contributed by atoms with E-state index >= 15 is 0 Å². The van der Waals surface area contributed by atoms with Gasteiger partial charge in [-0.05, 0) is 13.0 Å². The van der Waals surface area contributed by atoms with Gasteiger partial charge in [0.15, 0.2) is 0 Å². The molecule has 1 amide bonds. The van der Waals surface area contributed by atoms with E-state index in [4.69, 9.17) is 16.3 Å². The Kier molecular flexibility index (Phi) is 4.55. The number of rotatable bonds is 4. The van der Waals surface area contributed by atoms with Crippen molar-refractivity contribution in [2.75, 3.05) is 13.0 Å². The molecule has 1 aromatic carbocycles. The predicted molar refractivity (Wildman–Crippen MR) is 60.2 cm³/mol. The molecule has 1 unspecified atom stereocenters. The zero-order valence-corrected chi connectivity index (χ0v) is 9.84. The molecule has 0 aliphatic heterocycles. The van der Waals surface area contributed by atoms with Gasteiger partial charge in [-0.15, -0.1) is 11.6 Å². The lowest BCUT2D eigenvalue weighted by Gasteiger charge is -2.16. The minimum absolute atomic E-state index is 0.103. The third kappa shape index (κ3) is 3.10. The molecule has 3 nitrogen and oxygen atoms in total. The molecule has 0 bridgehead atoms. The van der Waals surface area contributed by atoms with Crippen LogP contribution in [-0.2, 0) is 4.79 Å². The Labute approximate surface area is 98.5 Å². The number of halogens is 2. The molecule has 0 spiro atoms. The molecule has 0 radical (unpaired) electrons. The van der Waals surface area contributed by atoms with Crippen LogP contribution in [0, 0.1) is 5.82 Å². The van der Waals surface area contributed by atoms with Gasteiger partial charge in [0, 0.05) is 11.6 Å². The average molecular weight is 246 g/mol. The van der Waals surface area contributed by atoms with Crippen LogP contribution in [-0.4, -0.2) is 18.9 Å². The van der Waals surface area contributed by atoms with Crippen molar-refractivity contribution in [2.45, 2.75) is 13.0 Å². The molecule has 1 N–H and O–H groups in total. The normalized spacial score (nSPS) is 12.0. The molecule has 5 heteroatoms. The lowest BCUT2D eigenvalue weighted by Crippen LogP contribution is -2.27. The van der Waals surface area contributed by atoms with Crippen LogP contribution in [0.3, 0.4) is 0 Å². The highest BCUT2D eigenvalue weighted by atomic mass is 35.5. The maximum atomic E-state index is 12.9. The molecular weight excluding hydrogens is 233 g/mol. The third-order valence-electron chi connectivity index (χ3n) is 2.16. The minimum Gasteiger partial charge on any atom is -0.496 e. The highest BCUT2D eigenvalue weighted by Crippen LogP contribution is 2.25. The lowest BCUT2D eigenvalue weighted by molar-refractivity contribution is -0.119. The molecule has 0 heterocycles. The molecule has 0 saturated heterocycles. The van der Waals surface area contributed by atoms with E-state index in [0.717, 1.165) is 0 Å². The highest BCUT2D eigenvalue weighted by molar-refractivity contribution is 6.27. The van der Waals surface area contributed by atoms with Crippen molar-refractivity contribution in [3.63, 3.8) is 0 Å². The van der Waals surface area contributed by atoms with Crippen LogP contribution >= 0.6 is 11.6 Å². The summed E-state index contributed by atoms with van der Waals surface area (Å²) in [4.78, 5) is 11.1. The highest BCUT2D eigenvalue weighted by Gasteiger charge is 2.13. The van der Waals surface area contributed by atoms with Crippen molar-refractivity contribution in [1.29, 1.82) is 0 Å². The second-order valence-electron chi connectivity index (χ2n) is 3.31. The zero-order chi connectivity index (χ0) is 12.1. The van der Waals surface area contributed by atoms with Crippen LogP contribution in [0.5, 0.6) is 5.75 Å². The fourth-order valence-electron chi connectivity index (χ4n) is 1.40. The van der Waals surface area contributed by atoms with E-state index < -0.39 is 0 Å². The summed E-state index contributed by atoms with van der Waals surface area (Å²) in [6.45, 7) is 1.78. The standard InChI is InChI=1S/C11H13ClFNO2/c1-7(14-11(15)6-12)9-4-3-8(13)5-10(9)16-2/h3-5,7H,6H2,1-2H3,(H,14,15). The van der Waals surface area contributed by atoms with Crippen LogP contribution in [0.15, 0.2) is 18.2 Å². The number of benzene rings is 1. The summed E-state index contributed by atoms with van der Waals surface area (Å²) in [5.74, 6) is -0.354. The largest absolute Gasteiger partial charge is 0.496 e. The fourth-order valence-corrected chi connectivity index (χ4v) is 1.48. The van der Waals surface area contributed by atoms with Crippen LogP contribution < -0.4 is 10.1 Å². The first-order chi connectivity index (χ1) is 7.58. The third-order valence-corrected chi connectivity index (χ3v) is 2.40. The topological polar surface area (TPSA) is 38.3 Å². The lowest BCUT2D eigenvalue weighted by atomic mass is 10.1. The molecule has 0 aliphatic carbocycles. The van der Waals surface area contributed by atoms with Gasteiger partial charge in [-0.25, -0.2) is 4.39 Å². The quantitative estimate of drug-likeness (QED) is 0.827. The smallest absolute Gasteiger partial charge is 0.235 e. The maximum absolute atomic E-state index is 12.9. The summed E-state index contributed by atoms with van der Waals surface area (Å²) >= 11 is 5.38. The molecule has 0 aromatic heterocycles. The number of ether oxygens (including phenoxy) is 1. The molecule has 0 fully saturated rings. The summed E-state index contributed by atoms with van der Waals surface area (Å²) < 4.78 is 18.0. The summed E-state index contributed by atoms with van der Waals surface area (Å²) in [5.41, 5.74) is 0.711. The average Bonchev–Trinajstić information content (AvgIpc) is 2.28. The Morgan fingerprint density at radius 2 is 2.31 bits per heavy atom. The number of carbonyl (C=O) groups excluding carboxylic acids is 1. The van der Waals surface area contributed by atoms with Crippen molar-refractivity contribution in [1.82, 2.24) is 5.32 Å². The second kappa shape index (κ2) is 5.70. The van der Waals surface area contributed by atoms with Crippen molar-refractivity contribution in [3.8, 4) is 5.75 Å². The predicted octanol–water partition coefficient (Wildman–Crippen LogP) is 2.25. The summed E-state index contributed by atoms with van der Waals surface area (Å²) in [6.07, 6.45) is 0. The number of alkyl halides is 1. The van der Waals surface area contributed by atoms with Gasteiger partial charge in [0.25, 0.3) is 0 Å². The van der Waals surface area contributed by atoms with Crippen molar-refractivity contribution < 1.29 is 13.9 Å². The number of hydrogen-bond donors (Lipinski definition) is 1. The molecule has 1 atom stereocenters. The summed E-state index contributed by atoms with van der Waals surface area (Å²) in [5, 5.41) is 2.67. The Bertz CT molecular complexity index is 384. The van der Waals surface area contributed by atoms with Crippen LogP contribution in [0.25, 0.3) is 0 Å². The van der Waals surface area contributed by atoms with Gasteiger partial charge in [-0.3, -0.25) is 4.79 Å². The molecule has 0 saturated carbocycles. The Morgan fingerprint density at radius 1 is 1.62 bits per heavy atom. The van der Waals surface area contributed by atoms with E-state index in [-0.39, 0.29) is 23.6 Å². The van der Waals surface area contributed by atoms with E-state index in [1.54, 1.807) is 13.0 Å². The van der Waals surface area contributed by atoms with E-state index in [1.807, 2.05) is 0 Å². The van der Waals surface area contributed by atoms with E-state index in [1.165, 1.54) is 19.2 Å². The van der Waals surface area contributed by atoms with E-state index in [9.17, 15) is 9.18 Å². The number of amides is 1. The van der Waals surface area contributed by atoms with E-state index in [2.05, 4.69) is 5.32 Å². The van der Waals surface area contributed by atoms with Crippen LogP contribution in [0.4, 0.5) is 4.39 Å². The van der Waals surface area contributed by atoms with Gasteiger partial charge in [-0.1, -0.05) is 6.07 Å². The molecule has 1 aromatic rings. The van der Waals surface area contributed by atoms with Gasteiger partial charge in [0.1, 0.15) is 17.4 Å². The zero-order valence-electron chi connectivity index (χ0n) is 9.09. The Balaban J connectivity index is 2.90. The Hall–Kier alpha value is -1.29.